The number of rotatable bonds is 2. The lowest BCUT2D eigenvalue weighted by atomic mass is 10.1. The first-order chi connectivity index (χ1) is 15.1. The second-order valence-corrected chi connectivity index (χ2v) is 8.52. The Kier molecular flexibility index (Phi) is 4.76. The van der Waals surface area contributed by atoms with Gasteiger partial charge in [-0.25, -0.2) is 9.88 Å². The lowest BCUT2D eigenvalue weighted by Gasteiger charge is -2.15. The molecule has 7 nitrogen and oxygen atoms in total. The molecular formula is C22H14N4O3S2. The van der Waals surface area contributed by atoms with Crippen molar-refractivity contribution in [3.05, 3.63) is 76.6 Å². The van der Waals surface area contributed by atoms with Crippen molar-refractivity contribution < 1.29 is 14.4 Å². The van der Waals surface area contributed by atoms with E-state index in [1.54, 1.807) is 48.0 Å². The molecule has 5 rings (SSSR count). The summed E-state index contributed by atoms with van der Waals surface area (Å²) in [6.45, 7) is 1.33. The maximum atomic E-state index is 13.6. The summed E-state index contributed by atoms with van der Waals surface area (Å²) in [5.41, 5.74) is 1.88. The van der Waals surface area contributed by atoms with Gasteiger partial charge >= 0.3 is 0 Å². The molecule has 1 saturated heterocycles. The Labute approximate surface area is 185 Å². The number of aromatic nitrogens is 1. The number of amides is 3. The van der Waals surface area contributed by atoms with E-state index in [9.17, 15) is 14.4 Å². The lowest BCUT2D eigenvalue weighted by Crippen LogP contribution is -2.32. The standard InChI is InChI=1S/C22H14N4O3S2/c1-13(27)25-16-10-6-5-9-15(16)17(19(25)28)18-20(29)26(14-7-3-2-4-8-14)22(31-18)24-21-23-11-12-30-21/h2-12H,1H3/b18-17-,24-22+. The van der Waals surface area contributed by atoms with Crippen LogP contribution in [0.5, 0.6) is 0 Å². The summed E-state index contributed by atoms with van der Waals surface area (Å²) in [5, 5.41) is 2.71. The van der Waals surface area contributed by atoms with Gasteiger partial charge in [0.2, 0.25) is 11.0 Å². The van der Waals surface area contributed by atoms with Gasteiger partial charge in [-0.05, 0) is 30.0 Å². The first-order valence-corrected chi connectivity index (χ1v) is 11.0. The lowest BCUT2D eigenvalue weighted by molar-refractivity contribution is -0.122. The van der Waals surface area contributed by atoms with E-state index in [0.29, 0.717) is 27.2 Å². The number of hydrogen-bond donors (Lipinski definition) is 0. The number of thiazole rings is 1. The monoisotopic (exact) mass is 446 g/mol. The summed E-state index contributed by atoms with van der Waals surface area (Å²) >= 11 is 2.46. The molecule has 1 fully saturated rings. The van der Waals surface area contributed by atoms with Crippen LogP contribution >= 0.6 is 23.1 Å². The number of hydrogen-bond acceptors (Lipinski definition) is 7. The molecule has 0 saturated carbocycles. The van der Waals surface area contributed by atoms with Crippen LogP contribution in [-0.4, -0.2) is 27.9 Å². The smallest absolute Gasteiger partial charge is 0.272 e. The zero-order valence-electron chi connectivity index (χ0n) is 16.2. The van der Waals surface area contributed by atoms with E-state index in [1.807, 2.05) is 18.2 Å². The van der Waals surface area contributed by atoms with Gasteiger partial charge in [-0.2, -0.15) is 4.99 Å². The van der Waals surface area contributed by atoms with Crippen molar-refractivity contribution in [3.8, 4) is 0 Å². The molecule has 0 bridgehead atoms. The summed E-state index contributed by atoms with van der Waals surface area (Å²) < 4.78 is 0. The third-order valence-electron chi connectivity index (χ3n) is 4.78. The van der Waals surface area contributed by atoms with Crippen LogP contribution in [0.4, 0.5) is 16.5 Å². The number of para-hydroxylation sites is 2. The molecule has 2 aliphatic heterocycles. The third kappa shape index (κ3) is 3.18. The van der Waals surface area contributed by atoms with Crippen molar-refractivity contribution in [1.29, 1.82) is 0 Å². The third-order valence-corrected chi connectivity index (χ3v) is 6.48. The molecule has 0 unspecified atom stereocenters. The largest absolute Gasteiger partial charge is 0.274 e. The number of carbonyl (C=O) groups is 3. The van der Waals surface area contributed by atoms with Gasteiger partial charge in [0.1, 0.15) is 0 Å². The normalized spacial score (nSPS) is 19.5. The van der Waals surface area contributed by atoms with Crippen LogP contribution in [0.25, 0.3) is 5.57 Å². The highest BCUT2D eigenvalue weighted by molar-refractivity contribution is 8.19. The van der Waals surface area contributed by atoms with Gasteiger partial charge < -0.3 is 0 Å². The predicted molar refractivity (Wildman–Crippen MR) is 122 cm³/mol. The number of benzene rings is 2. The SMILES string of the molecule is CC(=O)N1C(=O)/C(=C2\S/C(=N/c3nccs3)N(c3ccccc3)C2=O)c2ccccc21. The molecule has 0 radical (unpaired) electrons. The fourth-order valence-electron chi connectivity index (χ4n) is 3.51. The van der Waals surface area contributed by atoms with E-state index < -0.39 is 11.8 Å². The Hall–Kier alpha value is -3.56. The molecule has 9 heteroatoms. The number of fused-ring (bicyclic) bond motifs is 1. The quantitative estimate of drug-likeness (QED) is 0.551. The molecule has 1 aromatic heterocycles. The number of nitrogens with zero attached hydrogens (tertiary/aromatic N) is 4. The molecule has 152 valence electrons. The zero-order valence-corrected chi connectivity index (χ0v) is 17.8. The van der Waals surface area contributed by atoms with Gasteiger partial charge in [0.05, 0.1) is 21.9 Å². The topological polar surface area (TPSA) is 82.9 Å². The van der Waals surface area contributed by atoms with Gasteiger partial charge in [-0.15, -0.1) is 11.3 Å². The van der Waals surface area contributed by atoms with Crippen molar-refractivity contribution in [1.82, 2.24) is 4.98 Å². The number of carbonyl (C=O) groups excluding carboxylic acids is 3. The number of thioether (sulfide) groups is 1. The fourth-order valence-corrected chi connectivity index (χ4v) is 5.14. The fraction of sp³-hybridized carbons (Fsp3) is 0.0455. The molecule has 2 aromatic carbocycles. The molecular weight excluding hydrogens is 432 g/mol. The Balaban J connectivity index is 1.70. The predicted octanol–water partition coefficient (Wildman–Crippen LogP) is 4.22. The molecule has 3 aromatic rings. The van der Waals surface area contributed by atoms with Crippen molar-refractivity contribution in [2.75, 3.05) is 9.80 Å². The Bertz CT molecular complexity index is 1280. The van der Waals surface area contributed by atoms with Crippen LogP contribution in [0.3, 0.4) is 0 Å². The van der Waals surface area contributed by atoms with Crippen molar-refractivity contribution in [3.63, 3.8) is 0 Å². The van der Waals surface area contributed by atoms with Crippen LogP contribution in [-0.2, 0) is 14.4 Å². The minimum atomic E-state index is -0.506. The van der Waals surface area contributed by atoms with E-state index in [2.05, 4.69) is 9.98 Å². The molecule has 2 aliphatic rings. The van der Waals surface area contributed by atoms with E-state index >= 15 is 0 Å². The van der Waals surface area contributed by atoms with Crippen molar-refractivity contribution >= 4 is 68.1 Å². The summed E-state index contributed by atoms with van der Waals surface area (Å²) in [6, 6.07) is 16.1. The maximum Gasteiger partial charge on any atom is 0.272 e. The minimum Gasteiger partial charge on any atom is -0.274 e. The van der Waals surface area contributed by atoms with E-state index in [-0.39, 0.29) is 16.4 Å². The van der Waals surface area contributed by atoms with Gasteiger partial charge in [0.25, 0.3) is 11.8 Å². The average molecular weight is 447 g/mol. The van der Waals surface area contributed by atoms with Crippen LogP contribution in [0, 0.1) is 0 Å². The van der Waals surface area contributed by atoms with Gasteiger partial charge in [0, 0.05) is 24.1 Å². The number of anilines is 2. The van der Waals surface area contributed by atoms with E-state index in [1.165, 1.54) is 23.2 Å². The van der Waals surface area contributed by atoms with Crippen LogP contribution < -0.4 is 9.80 Å². The van der Waals surface area contributed by atoms with Gasteiger partial charge in [-0.1, -0.05) is 36.4 Å². The van der Waals surface area contributed by atoms with E-state index in [0.717, 1.165) is 16.7 Å². The summed E-state index contributed by atoms with van der Waals surface area (Å²) in [5.74, 6) is -1.27. The highest BCUT2D eigenvalue weighted by atomic mass is 32.2. The average Bonchev–Trinajstić information content (AvgIpc) is 3.45. The van der Waals surface area contributed by atoms with Crippen molar-refractivity contribution in [2.45, 2.75) is 6.92 Å². The Morgan fingerprint density at radius 3 is 2.45 bits per heavy atom. The van der Waals surface area contributed by atoms with Crippen LogP contribution in [0.15, 0.2) is 76.1 Å². The highest BCUT2D eigenvalue weighted by Gasteiger charge is 2.44. The highest BCUT2D eigenvalue weighted by Crippen LogP contribution is 2.46. The van der Waals surface area contributed by atoms with E-state index in [4.69, 9.17) is 0 Å². The van der Waals surface area contributed by atoms with Crippen LogP contribution in [0.1, 0.15) is 12.5 Å². The first-order valence-electron chi connectivity index (χ1n) is 9.30. The maximum absolute atomic E-state index is 13.6. The number of imide groups is 1. The summed E-state index contributed by atoms with van der Waals surface area (Å²) in [7, 11) is 0. The molecule has 3 heterocycles. The number of aliphatic imine (C=N–C) groups is 1. The second kappa shape index (κ2) is 7.60. The number of amidine groups is 1. The molecule has 0 N–H and O–H groups in total. The van der Waals surface area contributed by atoms with Crippen molar-refractivity contribution in [2.24, 2.45) is 4.99 Å². The zero-order chi connectivity index (χ0) is 21.5. The Morgan fingerprint density at radius 2 is 1.74 bits per heavy atom. The van der Waals surface area contributed by atoms with Crippen LogP contribution in [0.2, 0.25) is 0 Å². The van der Waals surface area contributed by atoms with Gasteiger partial charge in [0.15, 0.2) is 5.17 Å². The summed E-state index contributed by atoms with van der Waals surface area (Å²) in [4.78, 5) is 50.5. The molecule has 0 spiro atoms. The first kappa shape index (κ1) is 19.4. The summed E-state index contributed by atoms with van der Waals surface area (Å²) in [6.07, 6.45) is 1.64. The Morgan fingerprint density at radius 1 is 1.00 bits per heavy atom. The molecule has 0 aliphatic carbocycles. The molecule has 31 heavy (non-hydrogen) atoms. The molecule has 3 amide bonds. The minimum absolute atomic E-state index is 0.214. The molecule has 0 atom stereocenters. The second-order valence-electron chi connectivity index (χ2n) is 6.67. The van der Waals surface area contributed by atoms with Gasteiger partial charge in [-0.3, -0.25) is 19.3 Å².